The normalized spacial score (nSPS) is 9.94. The summed E-state index contributed by atoms with van der Waals surface area (Å²) in [6, 6.07) is 7.87. The summed E-state index contributed by atoms with van der Waals surface area (Å²) in [5.74, 6) is 0. The molecule has 0 atom stereocenters. The minimum absolute atomic E-state index is 0.0132. The molecular weight excluding hydrogens is 268 g/mol. The second kappa shape index (κ2) is 6.53. The van der Waals surface area contributed by atoms with E-state index >= 15 is 0 Å². The van der Waals surface area contributed by atoms with Crippen LogP contribution >= 0.6 is 15.9 Å². The van der Waals surface area contributed by atoms with Crippen LogP contribution in [0.2, 0.25) is 0 Å². The van der Waals surface area contributed by atoms with E-state index in [1.807, 2.05) is 38.1 Å². The highest BCUT2D eigenvalue weighted by Crippen LogP contribution is 2.15. The van der Waals surface area contributed by atoms with E-state index in [9.17, 15) is 4.79 Å². The van der Waals surface area contributed by atoms with Gasteiger partial charge in [-0.25, -0.2) is 4.79 Å². The molecule has 1 aromatic rings. The van der Waals surface area contributed by atoms with Crippen molar-refractivity contribution in [3.05, 3.63) is 34.3 Å². The fourth-order valence-corrected chi connectivity index (χ4v) is 1.86. The van der Waals surface area contributed by atoms with Gasteiger partial charge in [-0.2, -0.15) is 0 Å². The monoisotopic (exact) mass is 284 g/mol. The zero-order valence-corrected chi connectivity index (χ0v) is 11.3. The van der Waals surface area contributed by atoms with Crippen LogP contribution in [0.5, 0.6) is 0 Å². The third-order valence-electron chi connectivity index (χ3n) is 2.44. The Hall–Kier alpha value is -1.03. The molecule has 4 heteroatoms. The molecule has 0 spiro atoms. The molecule has 0 saturated heterocycles. The van der Waals surface area contributed by atoms with Crippen molar-refractivity contribution >= 4 is 22.0 Å². The van der Waals surface area contributed by atoms with E-state index in [2.05, 4.69) is 21.2 Å². The Morgan fingerprint density at radius 3 is 2.50 bits per heavy atom. The molecular formula is C12H17BrN2O. The second-order valence-electron chi connectivity index (χ2n) is 3.42. The number of rotatable bonds is 4. The molecule has 1 N–H and O–H groups in total. The number of halogens is 1. The minimum atomic E-state index is -0.0132. The first-order valence-corrected chi connectivity index (χ1v) is 6.24. The van der Waals surface area contributed by atoms with Crippen LogP contribution < -0.4 is 5.32 Å². The molecule has 0 heterocycles. The van der Waals surface area contributed by atoms with Crippen molar-refractivity contribution in [3.8, 4) is 0 Å². The van der Waals surface area contributed by atoms with Crippen molar-refractivity contribution in [2.75, 3.05) is 13.1 Å². The van der Waals surface area contributed by atoms with Gasteiger partial charge in [-0.15, -0.1) is 0 Å². The van der Waals surface area contributed by atoms with Crippen molar-refractivity contribution < 1.29 is 4.79 Å². The summed E-state index contributed by atoms with van der Waals surface area (Å²) >= 11 is 3.45. The Morgan fingerprint density at radius 1 is 1.31 bits per heavy atom. The number of hydrogen-bond acceptors (Lipinski definition) is 1. The van der Waals surface area contributed by atoms with Gasteiger partial charge in [0.2, 0.25) is 0 Å². The highest BCUT2D eigenvalue weighted by Gasteiger charge is 2.08. The number of carbonyl (C=O) groups is 1. The average molecular weight is 285 g/mol. The van der Waals surface area contributed by atoms with E-state index in [-0.39, 0.29) is 6.03 Å². The molecule has 0 aromatic heterocycles. The number of benzene rings is 1. The first-order chi connectivity index (χ1) is 7.69. The van der Waals surface area contributed by atoms with Crippen molar-refractivity contribution in [2.24, 2.45) is 0 Å². The Balaban J connectivity index is 2.52. The van der Waals surface area contributed by atoms with Crippen molar-refractivity contribution in [1.29, 1.82) is 0 Å². The van der Waals surface area contributed by atoms with Crippen LogP contribution in [-0.2, 0) is 6.54 Å². The Labute approximate surface area is 105 Å². The Kier molecular flexibility index (Phi) is 5.32. The molecule has 0 unspecified atom stereocenters. The van der Waals surface area contributed by atoms with Crippen LogP contribution in [0.1, 0.15) is 19.4 Å². The Bertz CT molecular complexity index is 351. The predicted molar refractivity (Wildman–Crippen MR) is 69.3 cm³/mol. The summed E-state index contributed by atoms with van der Waals surface area (Å²) in [6.07, 6.45) is 0. The number of carbonyl (C=O) groups excluding carboxylic acids is 1. The molecule has 0 saturated carbocycles. The zero-order chi connectivity index (χ0) is 12.0. The maximum Gasteiger partial charge on any atom is 0.317 e. The smallest absolute Gasteiger partial charge is 0.317 e. The standard InChI is InChI=1S/C12H17BrN2O/c1-3-15(4-2)12(16)14-9-10-7-5-6-8-11(10)13/h5-8H,3-4,9H2,1-2H3,(H,14,16). The summed E-state index contributed by atoms with van der Waals surface area (Å²) in [5, 5.41) is 2.90. The molecule has 0 fully saturated rings. The number of urea groups is 1. The van der Waals surface area contributed by atoms with E-state index in [0.717, 1.165) is 23.1 Å². The largest absolute Gasteiger partial charge is 0.334 e. The van der Waals surface area contributed by atoms with Gasteiger partial charge in [0.05, 0.1) is 0 Å². The summed E-state index contributed by atoms with van der Waals surface area (Å²) in [5.41, 5.74) is 1.09. The molecule has 16 heavy (non-hydrogen) atoms. The van der Waals surface area contributed by atoms with Gasteiger partial charge in [-0.3, -0.25) is 0 Å². The van der Waals surface area contributed by atoms with Gasteiger partial charge in [0.1, 0.15) is 0 Å². The van der Waals surface area contributed by atoms with Crippen molar-refractivity contribution in [1.82, 2.24) is 10.2 Å². The minimum Gasteiger partial charge on any atom is -0.334 e. The van der Waals surface area contributed by atoms with Gasteiger partial charge in [0.15, 0.2) is 0 Å². The highest BCUT2D eigenvalue weighted by molar-refractivity contribution is 9.10. The number of nitrogens with zero attached hydrogens (tertiary/aromatic N) is 1. The fraction of sp³-hybridized carbons (Fsp3) is 0.417. The third kappa shape index (κ3) is 3.52. The quantitative estimate of drug-likeness (QED) is 0.906. The molecule has 0 aliphatic heterocycles. The molecule has 1 rings (SSSR count). The third-order valence-corrected chi connectivity index (χ3v) is 3.21. The maximum atomic E-state index is 11.7. The van der Waals surface area contributed by atoms with Gasteiger partial charge in [0.25, 0.3) is 0 Å². The van der Waals surface area contributed by atoms with Gasteiger partial charge >= 0.3 is 6.03 Å². The SMILES string of the molecule is CCN(CC)C(=O)NCc1ccccc1Br. The number of nitrogens with one attached hydrogen (secondary N) is 1. The number of amides is 2. The molecule has 3 nitrogen and oxygen atoms in total. The first-order valence-electron chi connectivity index (χ1n) is 5.45. The average Bonchev–Trinajstić information content (AvgIpc) is 2.29. The van der Waals surface area contributed by atoms with Crippen LogP contribution in [0.3, 0.4) is 0 Å². The molecule has 88 valence electrons. The van der Waals surface area contributed by atoms with E-state index in [0.29, 0.717) is 6.54 Å². The predicted octanol–water partition coefficient (Wildman–Crippen LogP) is 3.00. The van der Waals surface area contributed by atoms with Crippen molar-refractivity contribution in [2.45, 2.75) is 20.4 Å². The van der Waals surface area contributed by atoms with Crippen molar-refractivity contribution in [3.63, 3.8) is 0 Å². The second-order valence-corrected chi connectivity index (χ2v) is 4.28. The molecule has 0 radical (unpaired) electrons. The summed E-state index contributed by atoms with van der Waals surface area (Å²) in [7, 11) is 0. The topological polar surface area (TPSA) is 32.3 Å². The van der Waals surface area contributed by atoms with Crippen LogP contribution in [0.4, 0.5) is 4.79 Å². The van der Waals surface area contributed by atoms with Gasteiger partial charge in [-0.05, 0) is 25.5 Å². The van der Waals surface area contributed by atoms with E-state index in [4.69, 9.17) is 0 Å². The molecule has 1 aromatic carbocycles. The molecule has 0 aliphatic rings. The summed E-state index contributed by atoms with van der Waals surface area (Å²) < 4.78 is 1.02. The van der Waals surface area contributed by atoms with Crippen LogP contribution in [0, 0.1) is 0 Å². The summed E-state index contributed by atoms with van der Waals surface area (Å²) in [4.78, 5) is 13.5. The Morgan fingerprint density at radius 2 is 1.94 bits per heavy atom. The van der Waals surface area contributed by atoms with E-state index < -0.39 is 0 Å². The summed E-state index contributed by atoms with van der Waals surface area (Å²) in [6.45, 7) is 5.97. The van der Waals surface area contributed by atoms with Gasteiger partial charge < -0.3 is 10.2 Å². The lowest BCUT2D eigenvalue weighted by molar-refractivity contribution is 0.203. The zero-order valence-electron chi connectivity index (χ0n) is 9.66. The van der Waals surface area contributed by atoms with Crippen LogP contribution in [0.15, 0.2) is 28.7 Å². The van der Waals surface area contributed by atoms with Gasteiger partial charge in [-0.1, -0.05) is 34.1 Å². The van der Waals surface area contributed by atoms with Gasteiger partial charge in [0, 0.05) is 24.1 Å². The first kappa shape index (κ1) is 13.0. The van der Waals surface area contributed by atoms with E-state index in [1.54, 1.807) is 4.90 Å². The lowest BCUT2D eigenvalue weighted by Gasteiger charge is -2.19. The highest BCUT2D eigenvalue weighted by atomic mass is 79.9. The fourth-order valence-electron chi connectivity index (χ4n) is 1.44. The molecule has 0 aliphatic carbocycles. The van der Waals surface area contributed by atoms with Crippen LogP contribution in [0.25, 0.3) is 0 Å². The van der Waals surface area contributed by atoms with E-state index in [1.165, 1.54) is 0 Å². The lowest BCUT2D eigenvalue weighted by atomic mass is 10.2. The number of hydrogen-bond donors (Lipinski definition) is 1. The maximum absolute atomic E-state index is 11.7. The lowest BCUT2D eigenvalue weighted by Crippen LogP contribution is -2.39. The molecule has 0 bridgehead atoms. The molecule has 2 amide bonds. The van der Waals surface area contributed by atoms with Crippen LogP contribution in [-0.4, -0.2) is 24.0 Å².